The molecular formula is C13H20N2O3S. The van der Waals surface area contributed by atoms with E-state index in [1.807, 2.05) is 20.8 Å². The summed E-state index contributed by atoms with van der Waals surface area (Å²) in [5.74, 6) is -1.07. The molecule has 0 aliphatic carbocycles. The van der Waals surface area contributed by atoms with Crippen molar-refractivity contribution in [3.8, 4) is 0 Å². The lowest BCUT2D eigenvalue weighted by molar-refractivity contribution is -0.121. The second-order valence-electron chi connectivity index (χ2n) is 4.49. The summed E-state index contributed by atoms with van der Waals surface area (Å²) in [4.78, 5) is 27.4. The van der Waals surface area contributed by atoms with Crippen LogP contribution in [-0.4, -0.2) is 28.0 Å². The van der Waals surface area contributed by atoms with Crippen LogP contribution in [0.25, 0.3) is 0 Å². The van der Waals surface area contributed by atoms with Gasteiger partial charge in [-0.15, -0.1) is 11.3 Å². The number of hydrogen-bond donors (Lipinski definition) is 2. The van der Waals surface area contributed by atoms with Gasteiger partial charge in [-0.25, -0.2) is 9.78 Å². The number of thiazole rings is 1. The van der Waals surface area contributed by atoms with Gasteiger partial charge in [-0.3, -0.25) is 4.79 Å². The van der Waals surface area contributed by atoms with E-state index in [-0.39, 0.29) is 23.2 Å². The van der Waals surface area contributed by atoms with Crippen LogP contribution in [0, 0.1) is 0 Å². The zero-order valence-corrected chi connectivity index (χ0v) is 12.3. The zero-order valence-electron chi connectivity index (χ0n) is 11.5. The summed E-state index contributed by atoms with van der Waals surface area (Å²) < 4.78 is 0. The molecule has 1 amide bonds. The maximum atomic E-state index is 11.7. The van der Waals surface area contributed by atoms with Gasteiger partial charge in [0.1, 0.15) is 9.88 Å². The molecule has 106 valence electrons. The third kappa shape index (κ3) is 4.63. The van der Waals surface area contributed by atoms with Crippen molar-refractivity contribution in [1.29, 1.82) is 0 Å². The standard InChI is InChI=1S/C13H20N2O3S/c1-4-6-9-12(13(17)18)19-11(15-9)7-10(16)14-8(3)5-2/h8H,4-7H2,1-3H3,(H,14,16)(H,17,18). The average molecular weight is 284 g/mol. The van der Waals surface area contributed by atoms with E-state index >= 15 is 0 Å². The van der Waals surface area contributed by atoms with E-state index in [1.165, 1.54) is 0 Å². The molecule has 0 spiro atoms. The Morgan fingerprint density at radius 3 is 2.63 bits per heavy atom. The smallest absolute Gasteiger partial charge is 0.347 e. The zero-order chi connectivity index (χ0) is 14.4. The van der Waals surface area contributed by atoms with Gasteiger partial charge in [0.05, 0.1) is 12.1 Å². The number of carbonyl (C=O) groups is 2. The van der Waals surface area contributed by atoms with Gasteiger partial charge in [0.2, 0.25) is 5.91 Å². The van der Waals surface area contributed by atoms with E-state index in [2.05, 4.69) is 10.3 Å². The maximum absolute atomic E-state index is 11.7. The Balaban J connectivity index is 2.76. The van der Waals surface area contributed by atoms with Crippen molar-refractivity contribution >= 4 is 23.2 Å². The molecule has 1 heterocycles. The molecule has 2 N–H and O–H groups in total. The second kappa shape index (κ2) is 7.23. The van der Waals surface area contributed by atoms with Crippen LogP contribution in [0.2, 0.25) is 0 Å². The van der Waals surface area contributed by atoms with E-state index in [4.69, 9.17) is 5.11 Å². The lowest BCUT2D eigenvalue weighted by atomic mass is 10.2. The number of amides is 1. The minimum absolute atomic E-state index is 0.108. The Hall–Kier alpha value is -1.43. The minimum atomic E-state index is -0.963. The van der Waals surface area contributed by atoms with Crippen LogP contribution >= 0.6 is 11.3 Å². The lowest BCUT2D eigenvalue weighted by Gasteiger charge is -2.09. The van der Waals surface area contributed by atoms with Gasteiger partial charge in [-0.1, -0.05) is 20.3 Å². The molecule has 1 atom stereocenters. The number of rotatable bonds is 7. The largest absolute Gasteiger partial charge is 0.477 e. The molecule has 0 radical (unpaired) electrons. The molecule has 5 nitrogen and oxygen atoms in total. The molecule has 0 aliphatic heterocycles. The quantitative estimate of drug-likeness (QED) is 0.805. The first kappa shape index (κ1) is 15.6. The van der Waals surface area contributed by atoms with E-state index in [1.54, 1.807) is 0 Å². The van der Waals surface area contributed by atoms with E-state index in [0.29, 0.717) is 17.1 Å². The number of nitrogens with one attached hydrogen (secondary N) is 1. The molecule has 0 fully saturated rings. The Morgan fingerprint density at radius 2 is 2.11 bits per heavy atom. The van der Waals surface area contributed by atoms with Gasteiger partial charge in [0.25, 0.3) is 0 Å². The molecule has 1 aromatic heterocycles. The predicted octanol–water partition coefficient (Wildman–Crippen LogP) is 2.25. The molecule has 0 aliphatic rings. The summed E-state index contributed by atoms with van der Waals surface area (Å²) in [6.07, 6.45) is 2.48. The fraction of sp³-hybridized carbons (Fsp3) is 0.615. The molecule has 19 heavy (non-hydrogen) atoms. The Morgan fingerprint density at radius 1 is 1.42 bits per heavy atom. The first-order chi connectivity index (χ1) is 8.97. The van der Waals surface area contributed by atoms with Crippen LogP contribution in [-0.2, 0) is 17.6 Å². The highest BCUT2D eigenvalue weighted by Crippen LogP contribution is 2.20. The fourth-order valence-corrected chi connectivity index (χ4v) is 2.56. The van der Waals surface area contributed by atoms with E-state index in [0.717, 1.165) is 24.2 Å². The fourth-order valence-electron chi connectivity index (χ4n) is 1.62. The molecule has 0 aromatic carbocycles. The number of hydrogen-bond acceptors (Lipinski definition) is 4. The van der Waals surface area contributed by atoms with Gasteiger partial charge in [0.15, 0.2) is 0 Å². The topological polar surface area (TPSA) is 79.3 Å². The molecule has 1 aromatic rings. The van der Waals surface area contributed by atoms with Crippen molar-refractivity contribution in [3.63, 3.8) is 0 Å². The van der Waals surface area contributed by atoms with Gasteiger partial charge in [-0.05, 0) is 19.8 Å². The summed E-state index contributed by atoms with van der Waals surface area (Å²) in [6.45, 7) is 5.90. The highest BCUT2D eigenvalue weighted by molar-refractivity contribution is 7.13. The Kier molecular flexibility index (Phi) is 5.95. The van der Waals surface area contributed by atoms with Crippen LogP contribution in [0.3, 0.4) is 0 Å². The molecule has 0 saturated heterocycles. The van der Waals surface area contributed by atoms with Crippen LogP contribution in [0.1, 0.15) is 54.0 Å². The first-order valence-electron chi connectivity index (χ1n) is 6.49. The number of aromatic carboxylic acids is 1. The minimum Gasteiger partial charge on any atom is -0.477 e. The number of carboxylic acid groups (broad SMARTS) is 1. The second-order valence-corrected chi connectivity index (χ2v) is 5.58. The Labute approximate surface area is 117 Å². The molecule has 6 heteroatoms. The van der Waals surface area contributed by atoms with Gasteiger partial charge in [0, 0.05) is 6.04 Å². The molecule has 0 bridgehead atoms. The van der Waals surface area contributed by atoms with Crippen LogP contribution in [0.15, 0.2) is 0 Å². The highest BCUT2D eigenvalue weighted by atomic mass is 32.1. The summed E-state index contributed by atoms with van der Waals surface area (Å²) in [5, 5.41) is 12.5. The van der Waals surface area contributed by atoms with Crippen molar-refractivity contribution in [2.45, 2.75) is 52.5 Å². The number of aromatic nitrogens is 1. The number of carbonyl (C=O) groups excluding carboxylic acids is 1. The molecule has 1 rings (SSSR count). The monoisotopic (exact) mass is 284 g/mol. The van der Waals surface area contributed by atoms with Crippen molar-refractivity contribution in [2.75, 3.05) is 0 Å². The summed E-state index contributed by atoms with van der Waals surface area (Å²) in [6, 6.07) is 0.126. The third-order valence-corrected chi connectivity index (χ3v) is 3.84. The summed E-state index contributed by atoms with van der Waals surface area (Å²) in [5.41, 5.74) is 0.589. The highest BCUT2D eigenvalue weighted by Gasteiger charge is 2.18. The van der Waals surface area contributed by atoms with Crippen molar-refractivity contribution < 1.29 is 14.7 Å². The Bertz CT molecular complexity index is 457. The summed E-state index contributed by atoms with van der Waals surface area (Å²) >= 11 is 1.10. The van der Waals surface area contributed by atoms with Crippen molar-refractivity contribution in [2.24, 2.45) is 0 Å². The van der Waals surface area contributed by atoms with Gasteiger partial charge >= 0.3 is 5.97 Å². The van der Waals surface area contributed by atoms with Crippen LogP contribution in [0.4, 0.5) is 0 Å². The van der Waals surface area contributed by atoms with Crippen LogP contribution < -0.4 is 5.32 Å². The normalized spacial score (nSPS) is 12.2. The number of aryl methyl sites for hydroxylation is 1. The molecular weight excluding hydrogens is 264 g/mol. The SMILES string of the molecule is CCCc1nc(CC(=O)NC(C)CC)sc1C(=O)O. The lowest BCUT2D eigenvalue weighted by Crippen LogP contribution is -2.33. The predicted molar refractivity (Wildman–Crippen MR) is 74.7 cm³/mol. The van der Waals surface area contributed by atoms with Gasteiger partial charge in [-0.2, -0.15) is 0 Å². The van der Waals surface area contributed by atoms with E-state index < -0.39 is 5.97 Å². The van der Waals surface area contributed by atoms with Crippen LogP contribution in [0.5, 0.6) is 0 Å². The van der Waals surface area contributed by atoms with Gasteiger partial charge < -0.3 is 10.4 Å². The molecule has 0 saturated carbocycles. The maximum Gasteiger partial charge on any atom is 0.347 e. The van der Waals surface area contributed by atoms with Crippen molar-refractivity contribution in [1.82, 2.24) is 10.3 Å². The van der Waals surface area contributed by atoms with Crippen molar-refractivity contribution in [3.05, 3.63) is 15.6 Å². The number of carboxylic acids is 1. The molecule has 1 unspecified atom stereocenters. The third-order valence-electron chi connectivity index (χ3n) is 2.75. The average Bonchev–Trinajstić information content (AvgIpc) is 2.72. The van der Waals surface area contributed by atoms with E-state index in [9.17, 15) is 9.59 Å². The first-order valence-corrected chi connectivity index (χ1v) is 7.30. The number of nitrogens with zero attached hydrogens (tertiary/aromatic N) is 1. The summed E-state index contributed by atoms with van der Waals surface area (Å²) in [7, 11) is 0.